The van der Waals surface area contributed by atoms with Gasteiger partial charge in [-0.25, -0.2) is 0 Å². The lowest BCUT2D eigenvalue weighted by Crippen LogP contribution is -2.31. The van der Waals surface area contributed by atoms with Crippen molar-refractivity contribution in [3.05, 3.63) is 48.0 Å². The summed E-state index contributed by atoms with van der Waals surface area (Å²) < 4.78 is 16.3. The summed E-state index contributed by atoms with van der Waals surface area (Å²) in [6.45, 7) is 2.93. The molecule has 9 nitrogen and oxygen atoms in total. The Morgan fingerprint density at radius 1 is 1.21 bits per heavy atom. The predicted molar refractivity (Wildman–Crippen MR) is 104 cm³/mol. The molecule has 0 fully saturated rings. The molecule has 1 N–H and O–H groups in total. The minimum absolute atomic E-state index is 0.0359. The van der Waals surface area contributed by atoms with Crippen LogP contribution in [0.25, 0.3) is 11.4 Å². The summed E-state index contributed by atoms with van der Waals surface area (Å²) in [4.78, 5) is 13.7. The van der Waals surface area contributed by atoms with Gasteiger partial charge in [0.2, 0.25) is 11.7 Å². The van der Waals surface area contributed by atoms with Crippen LogP contribution in [0.4, 0.5) is 0 Å². The molecular formula is C20H21N5O4. The highest BCUT2D eigenvalue weighted by molar-refractivity contribution is 5.76. The fraction of sp³-hybridized carbons (Fsp3) is 0.300. The number of carbonyl (C=O) groups excluding carboxylic acids is 1. The molecule has 2 heterocycles. The van der Waals surface area contributed by atoms with Crippen LogP contribution in [0, 0.1) is 0 Å². The van der Waals surface area contributed by atoms with Gasteiger partial charge in [-0.15, -0.1) is 10.2 Å². The Hall–Kier alpha value is -3.62. The van der Waals surface area contributed by atoms with Crippen LogP contribution in [0.2, 0.25) is 0 Å². The van der Waals surface area contributed by atoms with E-state index in [2.05, 4.69) is 20.7 Å². The van der Waals surface area contributed by atoms with Crippen LogP contribution in [-0.2, 0) is 11.3 Å². The molecule has 0 bridgehead atoms. The lowest BCUT2D eigenvalue weighted by Gasteiger charge is -2.21. The van der Waals surface area contributed by atoms with Crippen LogP contribution in [0.1, 0.15) is 18.5 Å². The van der Waals surface area contributed by atoms with Crippen molar-refractivity contribution < 1.29 is 19.0 Å². The summed E-state index contributed by atoms with van der Waals surface area (Å²) in [5, 5.41) is 15.2. The molecule has 3 aromatic rings. The number of nitrogens with zero attached hydrogens (tertiary/aromatic N) is 4. The summed E-state index contributed by atoms with van der Waals surface area (Å²) in [5.74, 6) is 2.31. The van der Waals surface area contributed by atoms with Crippen molar-refractivity contribution in [3.8, 4) is 28.6 Å². The van der Waals surface area contributed by atoms with E-state index in [0.29, 0.717) is 30.5 Å². The quantitative estimate of drug-likeness (QED) is 0.681. The van der Waals surface area contributed by atoms with E-state index in [0.717, 1.165) is 16.9 Å². The zero-order valence-electron chi connectivity index (χ0n) is 16.2. The van der Waals surface area contributed by atoms with Gasteiger partial charge < -0.3 is 19.5 Å². The van der Waals surface area contributed by atoms with E-state index in [-0.39, 0.29) is 18.5 Å². The topological polar surface area (TPSA) is 100 Å². The van der Waals surface area contributed by atoms with Crippen LogP contribution >= 0.6 is 0 Å². The van der Waals surface area contributed by atoms with Crippen LogP contribution < -0.4 is 19.5 Å². The van der Waals surface area contributed by atoms with Crippen LogP contribution in [0.5, 0.6) is 17.2 Å². The van der Waals surface area contributed by atoms with Gasteiger partial charge in [-0.2, -0.15) is 4.80 Å². The molecule has 29 heavy (non-hydrogen) atoms. The van der Waals surface area contributed by atoms with Gasteiger partial charge in [0.1, 0.15) is 25.5 Å². The van der Waals surface area contributed by atoms with Gasteiger partial charge in [-0.05, 0) is 42.0 Å². The molecule has 0 aliphatic carbocycles. The summed E-state index contributed by atoms with van der Waals surface area (Å²) >= 11 is 0. The molecule has 1 aliphatic heterocycles. The first kappa shape index (κ1) is 18.7. The highest BCUT2D eigenvalue weighted by atomic mass is 16.6. The van der Waals surface area contributed by atoms with E-state index in [1.165, 1.54) is 4.80 Å². The number of fused-ring (bicyclic) bond motifs is 1. The molecule has 2 aromatic carbocycles. The van der Waals surface area contributed by atoms with Crippen molar-refractivity contribution in [2.24, 2.45) is 0 Å². The first-order valence-electron chi connectivity index (χ1n) is 9.23. The SMILES string of the molecule is COc1cccc(-c2nnn(CC(=O)NC(C)c3ccc4c(c3)OCCO4)n2)c1. The molecule has 150 valence electrons. The number of tetrazole rings is 1. The van der Waals surface area contributed by atoms with E-state index in [1.54, 1.807) is 7.11 Å². The highest BCUT2D eigenvalue weighted by Gasteiger charge is 2.17. The molecule has 0 saturated heterocycles. The van der Waals surface area contributed by atoms with E-state index < -0.39 is 0 Å². The van der Waals surface area contributed by atoms with Gasteiger partial charge in [0.15, 0.2) is 11.5 Å². The molecule has 1 amide bonds. The third-order valence-corrected chi connectivity index (χ3v) is 4.51. The lowest BCUT2D eigenvalue weighted by atomic mass is 10.1. The largest absolute Gasteiger partial charge is 0.497 e. The third kappa shape index (κ3) is 4.29. The zero-order valence-corrected chi connectivity index (χ0v) is 16.2. The first-order chi connectivity index (χ1) is 14.1. The molecule has 9 heteroatoms. The molecule has 1 atom stereocenters. The maximum atomic E-state index is 12.4. The van der Waals surface area contributed by atoms with Crippen molar-refractivity contribution in [2.45, 2.75) is 19.5 Å². The lowest BCUT2D eigenvalue weighted by molar-refractivity contribution is -0.122. The number of hydrogen-bond acceptors (Lipinski definition) is 7. The Morgan fingerprint density at radius 2 is 2.03 bits per heavy atom. The summed E-state index contributed by atoms with van der Waals surface area (Å²) in [5.41, 5.74) is 1.69. The van der Waals surface area contributed by atoms with E-state index in [1.807, 2.05) is 49.4 Å². The number of amides is 1. The molecule has 1 aliphatic rings. The number of aromatic nitrogens is 4. The van der Waals surface area contributed by atoms with Crippen molar-refractivity contribution in [3.63, 3.8) is 0 Å². The number of hydrogen-bond donors (Lipinski definition) is 1. The number of carbonyl (C=O) groups is 1. The van der Waals surface area contributed by atoms with Crippen molar-refractivity contribution >= 4 is 5.91 Å². The van der Waals surface area contributed by atoms with E-state index >= 15 is 0 Å². The van der Waals surface area contributed by atoms with Crippen LogP contribution in [0.15, 0.2) is 42.5 Å². The summed E-state index contributed by atoms with van der Waals surface area (Å²) in [6, 6.07) is 12.8. The highest BCUT2D eigenvalue weighted by Crippen LogP contribution is 2.32. The number of methoxy groups -OCH3 is 1. The van der Waals surface area contributed by atoms with E-state index in [4.69, 9.17) is 14.2 Å². The standard InChI is InChI=1S/C20H21N5O4/c1-13(14-6-7-17-18(11-14)29-9-8-28-17)21-19(26)12-25-23-20(22-24-25)15-4-3-5-16(10-15)27-2/h3-7,10-11,13H,8-9,12H2,1-2H3,(H,21,26). The molecule has 0 spiro atoms. The van der Waals surface area contributed by atoms with Crippen molar-refractivity contribution in [1.29, 1.82) is 0 Å². The monoisotopic (exact) mass is 395 g/mol. The van der Waals surface area contributed by atoms with Gasteiger partial charge in [0.25, 0.3) is 0 Å². The molecule has 0 saturated carbocycles. The summed E-state index contributed by atoms with van der Waals surface area (Å²) in [6.07, 6.45) is 0. The van der Waals surface area contributed by atoms with Gasteiger partial charge in [-0.3, -0.25) is 4.79 Å². The Morgan fingerprint density at radius 3 is 2.86 bits per heavy atom. The minimum atomic E-state index is -0.220. The fourth-order valence-electron chi connectivity index (χ4n) is 3.02. The predicted octanol–water partition coefficient (Wildman–Crippen LogP) is 2.00. The molecule has 0 radical (unpaired) electrons. The maximum absolute atomic E-state index is 12.4. The third-order valence-electron chi connectivity index (χ3n) is 4.51. The fourth-order valence-corrected chi connectivity index (χ4v) is 3.02. The average Bonchev–Trinajstić information content (AvgIpc) is 3.21. The zero-order chi connectivity index (χ0) is 20.2. The van der Waals surface area contributed by atoms with Crippen molar-refractivity contribution in [2.75, 3.05) is 20.3 Å². The van der Waals surface area contributed by atoms with Gasteiger partial charge >= 0.3 is 0 Å². The number of rotatable bonds is 6. The molecule has 1 aromatic heterocycles. The van der Waals surface area contributed by atoms with Gasteiger partial charge in [0.05, 0.1) is 13.2 Å². The van der Waals surface area contributed by atoms with E-state index in [9.17, 15) is 4.79 Å². The average molecular weight is 395 g/mol. The van der Waals surface area contributed by atoms with Gasteiger partial charge in [0, 0.05) is 5.56 Å². The second-order valence-electron chi connectivity index (χ2n) is 6.57. The molecule has 4 rings (SSSR count). The second-order valence-corrected chi connectivity index (χ2v) is 6.57. The Labute approximate surface area is 167 Å². The minimum Gasteiger partial charge on any atom is -0.497 e. The Kier molecular flexibility index (Phi) is 5.28. The number of ether oxygens (including phenoxy) is 3. The Balaban J connectivity index is 1.39. The van der Waals surface area contributed by atoms with Gasteiger partial charge in [-0.1, -0.05) is 18.2 Å². The van der Waals surface area contributed by atoms with Crippen LogP contribution in [0.3, 0.4) is 0 Å². The summed E-state index contributed by atoms with van der Waals surface area (Å²) in [7, 11) is 1.59. The second kappa shape index (κ2) is 8.17. The van der Waals surface area contributed by atoms with Crippen LogP contribution in [-0.4, -0.2) is 46.4 Å². The maximum Gasteiger partial charge on any atom is 0.244 e. The number of nitrogens with one attached hydrogen (secondary N) is 1. The smallest absolute Gasteiger partial charge is 0.244 e. The first-order valence-corrected chi connectivity index (χ1v) is 9.23. The molecule has 1 unspecified atom stereocenters. The Bertz CT molecular complexity index is 1020. The van der Waals surface area contributed by atoms with Crippen molar-refractivity contribution in [1.82, 2.24) is 25.5 Å². The molecular weight excluding hydrogens is 374 g/mol. The number of benzene rings is 2. The normalized spacial score (nSPS) is 13.6.